The molecule has 2 heterocycles. The van der Waals surface area contributed by atoms with Gasteiger partial charge in [-0.25, -0.2) is 4.98 Å². The van der Waals surface area contributed by atoms with E-state index < -0.39 is 0 Å². The van der Waals surface area contributed by atoms with Crippen molar-refractivity contribution in [3.05, 3.63) is 17.3 Å². The smallest absolute Gasteiger partial charge is 0.195 e. The van der Waals surface area contributed by atoms with Gasteiger partial charge < -0.3 is 15.3 Å². The van der Waals surface area contributed by atoms with Crippen molar-refractivity contribution in [3.63, 3.8) is 0 Å². The molecule has 2 aromatic rings. The van der Waals surface area contributed by atoms with Crippen molar-refractivity contribution in [1.82, 2.24) is 14.7 Å². The lowest BCUT2D eigenvalue weighted by Gasteiger charge is -2.21. The molecule has 0 bridgehead atoms. The molecule has 0 saturated carbocycles. The molecule has 2 N–H and O–H groups in total. The molecule has 2 aromatic heterocycles. The summed E-state index contributed by atoms with van der Waals surface area (Å²) >= 11 is 1.64. The van der Waals surface area contributed by atoms with Gasteiger partial charge in [0, 0.05) is 37.3 Å². The molecule has 5 nitrogen and oxygen atoms in total. The van der Waals surface area contributed by atoms with Gasteiger partial charge in [0.05, 0.1) is 12.3 Å². The molecule has 0 spiro atoms. The number of nitrogens with zero attached hydrogens (tertiary/aromatic N) is 3. The summed E-state index contributed by atoms with van der Waals surface area (Å²) in [6, 6.07) is 0.435. The number of rotatable bonds is 7. The first-order valence-electron chi connectivity index (χ1n) is 6.71. The summed E-state index contributed by atoms with van der Waals surface area (Å²) in [6.07, 6.45) is 2.06. The number of nitrogens with one attached hydrogen (secondary N) is 1. The number of likely N-dealkylation sites (N-methyl/N-ethyl adjacent to an activating group) is 1. The number of anilines is 1. The monoisotopic (exact) mass is 282 g/mol. The topological polar surface area (TPSA) is 52.8 Å². The summed E-state index contributed by atoms with van der Waals surface area (Å²) in [6.45, 7) is 8.76. The molecule has 0 aliphatic heterocycles. The molecule has 0 atom stereocenters. The summed E-state index contributed by atoms with van der Waals surface area (Å²) in [4.78, 5) is 7.83. The number of fused-ring (bicyclic) bond motifs is 1. The summed E-state index contributed by atoms with van der Waals surface area (Å²) in [7, 11) is 0. The maximum atomic E-state index is 9.17. The van der Waals surface area contributed by atoms with Crippen molar-refractivity contribution >= 4 is 22.1 Å². The minimum Gasteiger partial charge on any atom is -0.395 e. The largest absolute Gasteiger partial charge is 0.395 e. The fourth-order valence-electron chi connectivity index (χ4n) is 2.07. The van der Waals surface area contributed by atoms with Crippen LogP contribution in [0.2, 0.25) is 0 Å². The van der Waals surface area contributed by atoms with Crippen molar-refractivity contribution in [2.24, 2.45) is 0 Å². The first kappa shape index (κ1) is 14.3. The molecule has 0 amide bonds. The van der Waals surface area contributed by atoms with Gasteiger partial charge in [0.2, 0.25) is 0 Å². The zero-order valence-electron chi connectivity index (χ0n) is 11.8. The van der Waals surface area contributed by atoms with Gasteiger partial charge in [-0.2, -0.15) is 0 Å². The zero-order chi connectivity index (χ0) is 13.8. The standard InChI is InChI=1S/C13H22N4OS/c1-4-16(5-7-18)12-11(9-14-10(2)3)17-6-8-19-13(17)15-12/h6,8,10,14,18H,4-5,7,9H2,1-3H3. The Morgan fingerprint density at radius 1 is 1.53 bits per heavy atom. The lowest BCUT2D eigenvalue weighted by atomic mass is 10.3. The van der Waals surface area contributed by atoms with Crippen LogP contribution in [-0.4, -0.2) is 40.2 Å². The summed E-state index contributed by atoms with van der Waals surface area (Å²) in [5.41, 5.74) is 1.17. The number of aromatic nitrogens is 2. The highest BCUT2D eigenvalue weighted by molar-refractivity contribution is 7.15. The number of hydrogen-bond acceptors (Lipinski definition) is 5. The molecule has 19 heavy (non-hydrogen) atoms. The van der Waals surface area contributed by atoms with Crippen LogP contribution in [0.1, 0.15) is 26.5 Å². The normalized spacial score (nSPS) is 11.6. The second-order valence-electron chi connectivity index (χ2n) is 4.78. The molecule has 106 valence electrons. The van der Waals surface area contributed by atoms with Gasteiger partial charge >= 0.3 is 0 Å². The molecule has 0 fully saturated rings. The second-order valence-corrected chi connectivity index (χ2v) is 5.65. The first-order chi connectivity index (χ1) is 9.17. The fraction of sp³-hybridized carbons (Fsp3) is 0.615. The van der Waals surface area contributed by atoms with E-state index in [1.54, 1.807) is 11.3 Å². The highest BCUT2D eigenvalue weighted by Gasteiger charge is 2.17. The van der Waals surface area contributed by atoms with Crippen LogP contribution < -0.4 is 10.2 Å². The lowest BCUT2D eigenvalue weighted by Crippen LogP contribution is -2.29. The number of aliphatic hydroxyl groups is 1. The van der Waals surface area contributed by atoms with Gasteiger partial charge in [0.25, 0.3) is 0 Å². The van der Waals surface area contributed by atoms with E-state index in [4.69, 9.17) is 4.98 Å². The number of aliphatic hydroxyl groups excluding tert-OH is 1. The molecule has 2 rings (SSSR count). The van der Waals surface area contributed by atoms with E-state index in [1.165, 1.54) is 5.69 Å². The van der Waals surface area contributed by atoms with E-state index in [-0.39, 0.29) is 6.61 Å². The average Bonchev–Trinajstić information content (AvgIpc) is 2.94. The van der Waals surface area contributed by atoms with E-state index in [1.807, 2.05) is 5.38 Å². The van der Waals surface area contributed by atoms with Crippen LogP contribution in [0.4, 0.5) is 5.82 Å². The minimum absolute atomic E-state index is 0.149. The Labute approximate surface area is 117 Å². The molecule has 0 saturated heterocycles. The van der Waals surface area contributed by atoms with Crippen LogP contribution in [-0.2, 0) is 6.54 Å². The molecule has 0 aromatic carbocycles. The van der Waals surface area contributed by atoms with E-state index in [0.29, 0.717) is 12.6 Å². The highest BCUT2D eigenvalue weighted by Crippen LogP contribution is 2.24. The molecule has 0 aliphatic carbocycles. The van der Waals surface area contributed by atoms with Crippen LogP contribution in [0.3, 0.4) is 0 Å². The summed E-state index contributed by atoms with van der Waals surface area (Å²) < 4.78 is 2.13. The van der Waals surface area contributed by atoms with Crippen LogP contribution >= 0.6 is 11.3 Å². The van der Waals surface area contributed by atoms with Crippen molar-refractivity contribution in [1.29, 1.82) is 0 Å². The van der Waals surface area contributed by atoms with Crippen molar-refractivity contribution in [3.8, 4) is 0 Å². The summed E-state index contributed by atoms with van der Waals surface area (Å²) in [5.74, 6) is 0.983. The predicted octanol–water partition coefficient (Wildman–Crippen LogP) is 1.71. The Kier molecular flexibility index (Phi) is 4.79. The Bertz CT molecular complexity index is 520. The van der Waals surface area contributed by atoms with Gasteiger partial charge in [-0.3, -0.25) is 4.40 Å². The average molecular weight is 282 g/mol. The van der Waals surface area contributed by atoms with E-state index >= 15 is 0 Å². The number of thiazole rings is 1. The van der Waals surface area contributed by atoms with Gasteiger partial charge in [-0.1, -0.05) is 13.8 Å². The number of imidazole rings is 1. The third-order valence-electron chi connectivity index (χ3n) is 3.07. The Morgan fingerprint density at radius 3 is 2.95 bits per heavy atom. The van der Waals surface area contributed by atoms with Gasteiger partial charge in [-0.05, 0) is 6.92 Å². The minimum atomic E-state index is 0.149. The SMILES string of the molecule is CCN(CCO)c1nc2sccn2c1CNC(C)C. The van der Waals surface area contributed by atoms with Gasteiger partial charge in [-0.15, -0.1) is 11.3 Å². The molecular weight excluding hydrogens is 260 g/mol. The van der Waals surface area contributed by atoms with Crippen molar-refractivity contribution in [2.45, 2.75) is 33.4 Å². The predicted molar refractivity (Wildman–Crippen MR) is 80.0 cm³/mol. The van der Waals surface area contributed by atoms with Crippen LogP contribution in [0, 0.1) is 0 Å². The highest BCUT2D eigenvalue weighted by atomic mass is 32.1. The molecular formula is C13H22N4OS. The molecule has 0 radical (unpaired) electrons. The maximum absolute atomic E-state index is 9.17. The molecule has 0 aliphatic rings. The van der Waals surface area contributed by atoms with E-state index in [9.17, 15) is 5.11 Å². The molecule has 6 heteroatoms. The Morgan fingerprint density at radius 2 is 2.32 bits per heavy atom. The third-order valence-corrected chi connectivity index (χ3v) is 3.83. The van der Waals surface area contributed by atoms with Crippen LogP contribution in [0.25, 0.3) is 4.96 Å². The summed E-state index contributed by atoms with van der Waals surface area (Å²) in [5, 5.41) is 14.7. The lowest BCUT2D eigenvalue weighted by molar-refractivity contribution is 0.302. The quantitative estimate of drug-likeness (QED) is 0.812. The van der Waals surface area contributed by atoms with E-state index in [0.717, 1.165) is 23.9 Å². The Hall–Kier alpha value is -1.11. The van der Waals surface area contributed by atoms with Gasteiger partial charge in [0.15, 0.2) is 10.8 Å². The van der Waals surface area contributed by atoms with Crippen LogP contribution in [0.15, 0.2) is 11.6 Å². The van der Waals surface area contributed by atoms with Crippen LogP contribution in [0.5, 0.6) is 0 Å². The third kappa shape index (κ3) is 3.08. The number of hydrogen-bond donors (Lipinski definition) is 2. The first-order valence-corrected chi connectivity index (χ1v) is 7.59. The Balaban J connectivity index is 2.34. The maximum Gasteiger partial charge on any atom is 0.195 e. The fourth-order valence-corrected chi connectivity index (χ4v) is 2.80. The zero-order valence-corrected chi connectivity index (χ0v) is 12.6. The second kappa shape index (κ2) is 6.36. The van der Waals surface area contributed by atoms with Gasteiger partial charge in [0.1, 0.15) is 0 Å². The van der Waals surface area contributed by atoms with Crippen molar-refractivity contribution < 1.29 is 5.11 Å². The van der Waals surface area contributed by atoms with Crippen molar-refractivity contribution in [2.75, 3.05) is 24.6 Å². The van der Waals surface area contributed by atoms with E-state index in [2.05, 4.69) is 41.6 Å². The molecule has 0 unspecified atom stereocenters.